The zero-order chi connectivity index (χ0) is 27.9. The second-order valence-electron chi connectivity index (χ2n) is 11.7. The first-order valence-electron chi connectivity index (χ1n) is 13.9. The van der Waals surface area contributed by atoms with Gasteiger partial charge in [-0.05, 0) is 95.6 Å². The Bertz CT molecular complexity index is 1500. The Kier molecular flexibility index (Phi) is 7.27. The molecule has 1 aromatic heterocycles. The van der Waals surface area contributed by atoms with Crippen molar-refractivity contribution in [2.45, 2.75) is 61.9 Å². The first-order valence-corrected chi connectivity index (χ1v) is 14.8. The van der Waals surface area contributed by atoms with Gasteiger partial charge in [-0.3, -0.25) is 9.52 Å². The summed E-state index contributed by atoms with van der Waals surface area (Å²) < 4.78 is 19.0. The number of aromatic nitrogens is 2. The Morgan fingerprint density at radius 1 is 1.12 bits per heavy atom. The summed E-state index contributed by atoms with van der Waals surface area (Å²) in [6.45, 7) is 5.01. The molecule has 6 rings (SSSR count). The van der Waals surface area contributed by atoms with Crippen molar-refractivity contribution in [2.24, 2.45) is 13.0 Å². The summed E-state index contributed by atoms with van der Waals surface area (Å²) >= 11 is 1.53. The number of rotatable bonds is 8. The number of aryl methyl sites for hydroxylation is 1. The smallest absolute Gasteiger partial charge is 0.231 e. The maximum Gasteiger partial charge on any atom is 0.231 e. The Labute approximate surface area is 240 Å². The molecular weight excluding hydrogens is 519 g/mol. The molecule has 1 fully saturated rings. The van der Waals surface area contributed by atoms with Gasteiger partial charge >= 0.3 is 0 Å². The van der Waals surface area contributed by atoms with Crippen LogP contribution in [0.2, 0.25) is 0 Å². The van der Waals surface area contributed by atoms with Crippen molar-refractivity contribution in [1.82, 2.24) is 14.3 Å². The third kappa shape index (κ3) is 5.45. The van der Waals surface area contributed by atoms with Crippen LogP contribution in [0.1, 0.15) is 67.6 Å². The van der Waals surface area contributed by atoms with Gasteiger partial charge in [0.25, 0.3) is 0 Å². The molecule has 0 bridgehead atoms. The Hall–Kier alpha value is -3.42. The number of carbonyl (C=O) groups is 1. The summed E-state index contributed by atoms with van der Waals surface area (Å²) in [6.07, 6.45) is 6.60. The molecule has 0 saturated heterocycles. The number of benzene rings is 3. The lowest BCUT2D eigenvalue weighted by Gasteiger charge is -2.38. The van der Waals surface area contributed by atoms with Crippen LogP contribution in [0, 0.1) is 11.7 Å². The van der Waals surface area contributed by atoms with Gasteiger partial charge in [0.2, 0.25) is 5.91 Å². The normalized spacial score (nSPS) is 21.1. The molecule has 0 aliphatic heterocycles. The molecule has 3 aromatic carbocycles. The molecule has 0 spiro atoms. The summed E-state index contributed by atoms with van der Waals surface area (Å²) in [5, 5.41) is 0. The van der Waals surface area contributed by atoms with Crippen LogP contribution < -0.4 is 9.62 Å². The van der Waals surface area contributed by atoms with Gasteiger partial charge in [0.15, 0.2) is 0 Å². The molecule has 40 heavy (non-hydrogen) atoms. The second kappa shape index (κ2) is 10.9. The number of hydrogen-bond donors (Lipinski definition) is 1. The van der Waals surface area contributed by atoms with Crippen molar-refractivity contribution in [3.8, 4) is 0 Å². The Balaban J connectivity index is 1.31. The molecule has 2 aliphatic carbocycles. The molecular formula is C33H35FN4OS. The lowest BCUT2D eigenvalue weighted by atomic mass is 9.71. The van der Waals surface area contributed by atoms with Crippen LogP contribution in [0.5, 0.6) is 0 Å². The molecule has 1 heterocycles. The maximum absolute atomic E-state index is 14.1. The van der Waals surface area contributed by atoms with Crippen molar-refractivity contribution in [3.05, 3.63) is 114 Å². The van der Waals surface area contributed by atoms with E-state index in [4.69, 9.17) is 0 Å². The van der Waals surface area contributed by atoms with Crippen LogP contribution in [0.3, 0.4) is 0 Å². The first kappa shape index (κ1) is 26.8. The highest BCUT2D eigenvalue weighted by atomic mass is 32.2. The van der Waals surface area contributed by atoms with E-state index < -0.39 is 0 Å². The fourth-order valence-corrected chi connectivity index (χ4v) is 6.70. The van der Waals surface area contributed by atoms with Crippen molar-refractivity contribution >= 4 is 23.5 Å². The van der Waals surface area contributed by atoms with E-state index in [9.17, 15) is 9.18 Å². The highest BCUT2D eigenvalue weighted by molar-refractivity contribution is 7.97. The molecule has 4 aromatic rings. The van der Waals surface area contributed by atoms with E-state index in [-0.39, 0.29) is 35.0 Å². The van der Waals surface area contributed by atoms with Crippen LogP contribution in [-0.4, -0.2) is 15.5 Å². The predicted octanol–water partition coefficient (Wildman–Crippen LogP) is 7.31. The molecule has 1 N–H and O–H groups in total. The van der Waals surface area contributed by atoms with Gasteiger partial charge in [-0.15, -0.1) is 0 Å². The molecule has 0 radical (unpaired) electrons. The highest BCUT2D eigenvalue weighted by Crippen LogP contribution is 2.50. The van der Waals surface area contributed by atoms with Gasteiger partial charge < -0.3 is 9.47 Å². The molecule has 206 valence electrons. The number of anilines is 1. The fraction of sp³-hybridized carbons (Fsp3) is 0.333. The number of nitrogens with one attached hydrogen (secondary N) is 1. The van der Waals surface area contributed by atoms with Gasteiger partial charge in [-0.2, -0.15) is 0 Å². The summed E-state index contributed by atoms with van der Waals surface area (Å²) in [5.74, 6) is 0.997. The van der Waals surface area contributed by atoms with Gasteiger partial charge in [-0.25, -0.2) is 9.37 Å². The third-order valence-electron chi connectivity index (χ3n) is 8.46. The number of halogens is 1. The quantitative estimate of drug-likeness (QED) is 0.232. The summed E-state index contributed by atoms with van der Waals surface area (Å²) in [6, 6.07) is 23.6. The minimum absolute atomic E-state index is 0.0295. The number of hydrogen-bond acceptors (Lipinski definition) is 4. The zero-order valence-electron chi connectivity index (χ0n) is 23.2. The summed E-state index contributed by atoms with van der Waals surface area (Å²) in [4.78, 5) is 21.5. The minimum Gasteiger partial charge on any atom is -0.337 e. The monoisotopic (exact) mass is 554 g/mol. The van der Waals surface area contributed by atoms with Crippen molar-refractivity contribution in [3.63, 3.8) is 0 Å². The van der Waals surface area contributed by atoms with E-state index in [1.165, 1.54) is 40.8 Å². The van der Waals surface area contributed by atoms with Crippen molar-refractivity contribution in [1.29, 1.82) is 0 Å². The van der Waals surface area contributed by atoms with E-state index in [0.29, 0.717) is 6.54 Å². The summed E-state index contributed by atoms with van der Waals surface area (Å²) in [7, 11) is 1.97. The summed E-state index contributed by atoms with van der Waals surface area (Å²) in [5.41, 5.74) is 4.69. The first-order chi connectivity index (χ1) is 19.3. The lowest BCUT2D eigenvalue weighted by molar-refractivity contribution is -0.120. The van der Waals surface area contributed by atoms with Gasteiger partial charge in [0.05, 0.1) is 6.54 Å². The van der Waals surface area contributed by atoms with E-state index in [2.05, 4.69) is 53.9 Å². The number of imidazole rings is 1. The standard InChI is InChI=1S/C33H35FN4OS/c1-33(2)16-15-30(36-40-25-12-9-23(34)10-13-25)28-19-24(11-14-29(28)33)38(21-31-35-17-18-37(31)3)32(39)27-20-26(27)22-7-5-4-6-8-22/h4-14,17-19,26-27,30,36H,15-16,20-21H2,1-3H3/t26-,27+,30-/m1/s1. The minimum atomic E-state index is -0.235. The van der Waals surface area contributed by atoms with Gasteiger partial charge in [0, 0.05) is 42.0 Å². The average Bonchev–Trinajstić information content (AvgIpc) is 3.67. The maximum atomic E-state index is 14.1. The van der Waals surface area contributed by atoms with Crippen molar-refractivity contribution < 1.29 is 9.18 Å². The lowest BCUT2D eigenvalue weighted by Crippen LogP contribution is -2.35. The van der Waals surface area contributed by atoms with E-state index in [0.717, 1.165) is 35.7 Å². The molecule has 1 saturated carbocycles. The van der Waals surface area contributed by atoms with Gasteiger partial charge in [0.1, 0.15) is 11.6 Å². The van der Waals surface area contributed by atoms with Gasteiger partial charge in [-0.1, -0.05) is 50.2 Å². The number of amides is 1. The Morgan fingerprint density at radius 2 is 1.90 bits per heavy atom. The van der Waals surface area contributed by atoms with E-state index >= 15 is 0 Å². The van der Waals surface area contributed by atoms with E-state index in [1.54, 1.807) is 18.3 Å². The number of carbonyl (C=O) groups excluding carboxylic acids is 1. The third-order valence-corrected chi connectivity index (χ3v) is 9.37. The van der Waals surface area contributed by atoms with E-state index in [1.807, 2.05) is 40.9 Å². The molecule has 3 atom stereocenters. The van der Waals surface area contributed by atoms with Crippen molar-refractivity contribution in [2.75, 3.05) is 4.90 Å². The average molecular weight is 555 g/mol. The van der Waals surface area contributed by atoms with Crippen LogP contribution in [0.25, 0.3) is 0 Å². The molecule has 7 heteroatoms. The molecule has 0 unspecified atom stereocenters. The predicted molar refractivity (Wildman–Crippen MR) is 159 cm³/mol. The molecule has 1 amide bonds. The Morgan fingerprint density at radius 3 is 2.62 bits per heavy atom. The number of nitrogens with zero attached hydrogens (tertiary/aromatic N) is 3. The number of fused-ring (bicyclic) bond motifs is 1. The van der Waals surface area contributed by atoms with Crippen LogP contribution >= 0.6 is 11.9 Å². The zero-order valence-corrected chi connectivity index (χ0v) is 24.0. The topological polar surface area (TPSA) is 50.2 Å². The SMILES string of the molecule is Cn1ccnc1CN(C(=O)[C@H]1C[C@@H]1c1ccccc1)c1ccc2c(c1)[C@H](NSc1ccc(F)cc1)CCC2(C)C. The molecule has 2 aliphatic rings. The largest absolute Gasteiger partial charge is 0.337 e. The second-order valence-corrected chi connectivity index (χ2v) is 12.6. The van der Waals surface area contributed by atoms with Crippen LogP contribution in [0.15, 0.2) is 90.1 Å². The molecule has 5 nitrogen and oxygen atoms in total. The van der Waals surface area contributed by atoms with Crippen LogP contribution in [0.4, 0.5) is 10.1 Å². The fourth-order valence-electron chi connectivity index (χ4n) is 5.91. The van der Waals surface area contributed by atoms with Crippen LogP contribution in [-0.2, 0) is 23.8 Å². The highest BCUT2D eigenvalue weighted by Gasteiger charge is 2.46.